The van der Waals surface area contributed by atoms with E-state index in [4.69, 9.17) is 9.47 Å². The number of aromatic hydroxyl groups is 1. The molecule has 0 radical (unpaired) electrons. The second kappa shape index (κ2) is 10.2. The van der Waals surface area contributed by atoms with Crippen LogP contribution < -0.4 is 10.1 Å². The maximum Gasteiger partial charge on any atom is 0.258 e. The number of nitrogens with one attached hydrogen (secondary N) is 2. The monoisotopic (exact) mass is 479 g/mol. The van der Waals surface area contributed by atoms with Crippen LogP contribution in [-0.4, -0.2) is 76.4 Å². The van der Waals surface area contributed by atoms with Crippen LogP contribution >= 0.6 is 0 Å². The Labute approximate surface area is 205 Å². The topological polar surface area (TPSA) is 103 Å². The lowest BCUT2D eigenvalue weighted by atomic mass is 10.1. The first-order chi connectivity index (χ1) is 17.0. The quantitative estimate of drug-likeness (QED) is 0.456. The first-order valence-corrected chi connectivity index (χ1v) is 12.3. The van der Waals surface area contributed by atoms with Gasteiger partial charge in [-0.25, -0.2) is 0 Å². The molecule has 0 atom stereocenters. The van der Waals surface area contributed by atoms with Crippen molar-refractivity contribution in [3.05, 3.63) is 52.7 Å². The van der Waals surface area contributed by atoms with Gasteiger partial charge in [-0.15, -0.1) is 0 Å². The van der Waals surface area contributed by atoms with Crippen LogP contribution in [-0.2, 0) is 24.4 Å². The molecule has 5 rings (SSSR count). The number of carbonyl (C=O) groups excluding carboxylic acids is 1. The summed E-state index contributed by atoms with van der Waals surface area (Å²) < 4.78 is 11.7. The van der Waals surface area contributed by atoms with Crippen LogP contribution in [0.2, 0.25) is 0 Å². The molecule has 3 heterocycles. The summed E-state index contributed by atoms with van der Waals surface area (Å²) in [4.78, 5) is 17.5. The van der Waals surface area contributed by atoms with E-state index < -0.39 is 0 Å². The van der Waals surface area contributed by atoms with Gasteiger partial charge in [0.2, 0.25) is 0 Å². The maximum atomic E-state index is 13.4. The molecule has 0 unspecified atom stereocenters. The summed E-state index contributed by atoms with van der Waals surface area (Å²) in [5.41, 5.74) is 3.84. The van der Waals surface area contributed by atoms with Crippen LogP contribution in [0.15, 0.2) is 30.3 Å². The Kier molecular flexibility index (Phi) is 6.90. The smallest absolute Gasteiger partial charge is 0.258 e. The second-order valence-corrected chi connectivity index (χ2v) is 9.48. The fraction of sp³-hybridized carbons (Fsp3) is 0.462. The molecule has 0 aliphatic carbocycles. The molecule has 9 heteroatoms. The molecule has 186 valence electrons. The molecule has 0 saturated carbocycles. The minimum Gasteiger partial charge on any atom is -0.507 e. The summed E-state index contributed by atoms with van der Waals surface area (Å²) in [5.74, 6) is 0.544. The van der Waals surface area contributed by atoms with Crippen molar-refractivity contribution in [3.63, 3.8) is 0 Å². The summed E-state index contributed by atoms with van der Waals surface area (Å²) in [6.45, 7) is 11.0. The maximum absolute atomic E-state index is 13.4. The Morgan fingerprint density at radius 3 is 2.74 bits per heavy atom. The first kappa shape index (κ1) is 23.6. The van der Waals surface area contributed by atoms with Crippen molar-refractivity contribution in [1.29, 1.82) is 0 Å². The Morgan fingerprint density at radius 1 is 1.14 bits per heavy atom. The molecule has 2 aliphatic heterocycles. The lowest BCUT2D eigenvalue weighted by molar-refractivity contribution is 0.0642. The third-order valence-corrected chi connectivity index (χ3v) is 6.62. The second-order valence-electron chi connectivity index (χ2n) is 9.48. The number of aromatic amines is 1. The predicted molar refractivity (Wildman–Crippen MR) is 133 cm³/mol. The number of hydrogen-bond acceptors (Lipinski definition) is 7. The Balaban J connectivity index is 1.25. The SMILES string of the molecule is CC(C)OCc1[nH]nc2cc(O)c(C(=O)N3Cc4ccc(OCCN5CCNCC5)cc4C3)cc12. The average molecular weight is 480 g/mol. The molecule has 9 nitrogen and oxygen atoms in total. The normalized spacial score (nSPS) is 16.3. The molecule has 3 N–H and O–H groups in total. The first-order valence-electron chi connectivity index (χ1n) is 12.3. The number of benzene rings is 2. The van der Waals surface area contributed by atoms with Crippen molar-refractivity contribution in [2.24, 2.45) is 0 Å². The van der Waals surface area contributed by atoms with Crippen molar-refractivity contribution in [2.75, 3.05) is 39.3 Å². The van der Waals surface area contributed by atoms with Crippen LogP contribution in [0.4, 0.5) is 0 Å². The Hall–Kier alpha value is -3.14. The van der Waals surface area contributed by atoms with Crippen molar-refractivity contribution in [1.82, 2.24) is 25.3 Å². The largest absolute Gasteiger partial charge is 0.507 e. The minimum absolute atomic E-state index is 0.0711. The highest BCUT2D eigenvalue weighted by Crippen LogP contribution is 2.32. The molecular weight excluding hydrogens is 446 g/mol. The standard InChI is InChI=1S/C26H33N5O4/c1-17(2)35-16-24-21-12-22(25(32)13-23(21)28-29-24)26(33)31-14-18-3-4-20(11-19(18)15-31)34-10-9-30-7-5-27-6-8-30/h3-4,11-13,17,27,32H,5-10,14-16H2,1-2H3,(H,28,29). The van der Waals surface area contributed by atoms with Crippen molar-refractivity contribution in [3.8, 4) is 11.5 Å². The van der Waals surface area contributed by atoms with Gasteiger partial charge in [-0.1, -0.05) is 6.07 Å². The molecule has 0 spiro atoms. The average Bonchev–Trinajstić information content (AvgIpc) is 3.45. The third-order valence-electron chi connectivity index (χ3n) is 6.62. The van der Waals surface area contributed by atoms with Gasteiger partial charge in [-0.3, -0.25) is 14.8 Å². The molecule has 1 aromatic heterocycles. The third kappa shape index (κ3) is 5.27. The molecule has 1 amide bonds. The molecule has 1 fully saturated rings. The molecule has 1 saturated heterocycles. The van der Waals surface area contributed by atoms with E-state index in [1.165, 1.54) is 6.07 Å². The molecule has 0 bridgehead atoms. The molecule has 2 aromatic carbocycles. The Morgan fingerprint density at radius 2 is 1.94 bits per heavy atom. The van der Waals surface area contributed by atoms with Crippen LogP contribution in [0.5, 0.6) is 11.5 Å². The number of H-pyrrole nitrogens is 1. The number of carbonyl (C=O) groups is 1. The zero-order chi connectivity index (χ0) is 24.4. The van der Waals surface area contributed by atoms with Gasteiger partial charge in [0.15, 0.2) is 0 Å². The van der Waals surface area contributed by atoms with E-state index in [0.29, 0.717) is 31.8 Å². The number of nitrogens with zero attached hydrogens (tertiary/aromatic N) is 3. The fourth-order valence-corrected chi connectivity index (χ4v) is 4.63. The number of phenolic OH excluding ortho intramolecular Hbond substituents is 1. The van der Waals surface area contributed by atoms with Crippen molar-refractivity contribution >= 4 is 16.8 Å². The highest BCUT2D eigenvalue weighted by atomic mass is 16.5. The number of aromatic nitrogens is 2. The van der Waals surface area contributed by atoms with E-state index in [1.54, 1.807) is 11.0 Å². The van der Waals surface area contributed by atoms with Crippen LogP contribution in [0.3, 0.4) is 0 Å². The van der Waals surface area contributed by atoms with Gasteiger partial charge in [-0.05, 0) is 43.2 Å². The number of amides is 1. The molecule has 35 heavy (non-hydrogen) atoms. The number of hydrogen-bond donors (Lipinski definition) is 3. The van der Waals surface area contributed by atoms with E-state index in [9.17, 15) is 9.90 Å². The van der Waals surface area contributed by atoms with E-state index in [-0.39, 0.29) is 23.3 Å². The van der Waals surface area contributed by atoms with Crippen LogP contribution in [0, 0.1) is 0 Å². The molecule has 2 aliphatic rings. The van der Waals surface area contributed by atoms with E-state index in [0.717, 1.165) is 60.7 Å². The summed E-state index contributed by atoms with van der Waals surface area (Å²) in [5, 5.41) is 21.9. The number of phenols is 1. The van der Waals surface area contributed by atoms with Crippen molar-refractivity contribution in [2.45, 2.75) is 39.6 Å². The summed E-state index contributed by atoms with van der Waals surface area (Å²) in [6.07, 6.45) is 0.0746. The number of rotatable bonds is 8. The zero-order valence-corrected chi connectivity index (χ0v) is 20.3. The molecule has 3 aromatic rings. The number of fused-ring (bicyclic) bond motifs is 2. The lowest BCUT2D eigenvalue weighted by Gasteiger charge is -2.26. The summed E-state index contributed by atoms with van der Waals surface area (Å²) in [7, 11) is 0. The van der Waals surface area contributed by atoms with E-state index >= 15 is 0 Å². The fourth-order valence-electron chi connectivity index (χ4n) is 4.63. The van der Waals surface area contributed by atoms with Gasteiger partial charge in [0.25, 0.3) is 5.91 Å². The van der Waals surface area contributed by atoms with E-state index in [1.807, 2.05) is 32.0 Å². The predicted octanol–water partition coefficient (Wildman–Crippen LogP) is 2.63. The van der Waals surface area contributed by atoms with Crippen molar-refractivity contribution < 1.29 is 19.4 Å². The van der Waals surface area contributed by atoms with E-state index in [2.05, 4.69) is 20.4 Å². The molecular formula is C26H33N5O4. The van der Waals surface area contributed by atoms with Gasteiger partial charge < -0.3 is 24.8 Å². The lowest BCUT2D eigenvalue weighted by Crippen LogP contribution is -2.44. The summed E-state index contributed by atoms with van der Waals surface area (Å²) >= 11 is 0. The van der Waals surface area contributed by atoms with Gasteiger partial charge in [-0.2, -0.15) is 5.10 Å². The Bertz CT molecular complexity index is 1200. The highest BCUT2D eigenvalue weighted by molar-refractivity contribution is 6.01. The summed E-state index contributed by atoms with van der Waals surface area (Å²) in [6, 6.07) is 9.28. The van der Waals surface area contributed by atoms with Gasteiger partial charge in [0, 0.05) is 57.3 Å². The number of piperazine rings is 1. The van der Waals surface area contributed by atoms with Gasteiger partial charge in [0.05, 0.1) is 29.5 Å². The van der Waals surface area contributed by atoms with Crippen LogP contribution in [0.25, 0.3) is 10.9 Å². The number of ether oxygens (including phenoxy) is 2. The zero-order valence-electron chi connectivity index (χ0n) is 20.3. The van der Waals surface area contributed by atoms with Gasteiger partial charge >= 0.3 is 0 Å². The van der Waals surface area contributed by atoms with Gasteiger partial charge in [0.1, 0.15) is 18.1 Å². The minimum atomic E-state index is -0.210. The highest BCUT2D eigenvalue weighted by Gasteiger charge is 2.27. The van der Waals surface area contributed by atoms with Crippen LogP contribution in [0.1, 0.15) is 41.0 Å².